The van der Waals surface area contributed by atoms with Crippen LogP contribution in [0.15, 0.2) is 23.1 Å². The van der Waals surface area contributed by atoms with Crippen LogP contribution in [-0.4, -0.2) is 20.7 Å². The standard InChI is InChI=1S/C10H10F3NO2S/c11-10(12,13)7-2-1-3-8-9(7)6(4-14)5-17(8,15)16/h1-3,6H,4-5,14H2. The molecular formula is C10H10F3NO2S. The molecule has 1 aromatic rings. The van der Waals surface area contributed by atoms with Crippen molar-refractivity contribution in [1.82, 2.24) is 0 Å². The quantitative estimate of drug-likeness (QED) is 0.837. The second-order valence-electron chi connectivity index (χ2n) is 3.93. The minimum absolute atomic E-state index is 0.112. The van der Waals surface area contributed by atoms with Crippen molar-refractivity contribution in [1.29, 1.82) is 0 Å². The number of sulfone groups is 1. The highest BCUT2D eigenvalue weighted by Crippen LogP contribution is 2.42. The zero-order valence-corrected chi connectivity index (χ0v) is 9.48. The minimum atomic E-state index is -4.56. The summed E-state index contributed by atoms with van der Waals surface area (Å²) in [5.74, 6) is -1.11. The molecule has 1 atom stereocenters. The summed E-state index contributed by atoms with van der Waals surface area (Å²) < 4.78 is 61.7. The first-order chi connectivity index (χ1) is 7.77. The van der Waals surface area contributed by atoms with Crippen LogP contribution in [0.5, 0.6) is 0 Å². The van der Waals surface area contributed by atoms with Gasteiger partial charge in [0.1, 0.15) is 0 Å². The summed E-state index contributed by atoms with van der Waals surface area (Å²) in [6, 6.07) is 3.20. The third kappa shape index (κ3) is 1.93. The highest BCUT2D eigenvalue weighted by Gasteiger charge is 2.42. The van der Waals surface area contributed by atoms with Crippen LogP contribution in [0.4, 0.5) is 13.2 Å². The Morgan fingerprint density at radius 3 is 2.53 bits per heavy atom. The van der Waals surface area contributed by atoms with Gasteiger partial charge in [-0.05, 0) is 17.7 Å². The second-order valence-corrected chi connectivity index (χ2v) is 5.93. The number of hydrogen-bond acceptors (Lipinski definition) is 3. The van der Waals surface area contributed by atoms with Gasteiger partial charge >= 0.3 is 6.18 Å². The summed E-state index contributed by atoms with van der Waals surface area (Å²) >= 11 is 0. The van der Waals surface area contributed by atoms with Crippen molar-refractivity contribution in [3.8, 4) is 0 Å². The molecule has 3 nitrogen and oxygen atoms in total. The van der Waals surface area contributed by atoms with Crippen molar-refractivity contribution in [2.45, 2.75) is 17.0 Å². The molecule has 0 aromatic heterocycles. The lowest BCUT2D eigenvalue weighted by Gasteiger charge is -2.14. The Morgan fingerprint density at radius 2 is 2.00 bits per heavy atom. The van der Waals surface area contributed by atoms with Crippen LogP contribution >= 0.6 is 0 Å². The van der Waals surface area contributed by atoms with Crippen LogP contribution < -0.4 is 5.73 Å². The highest BCUT2D eigenvalue weighted by atomic mass is 32.2. The predicted molar refractivity (Wildman–Crippen MR) is 55.3 cm³/mol. The van der Waals surface area contributed by atoms with E-state index in [9.17, 15) is 21.6 Å². The number of alkyl halides is 3. The van der Waals surface area contributed by atoms with Crippen LogP contribution in [0.1, 0.15) is 17.0 Å². The summed E-state index contributed by atoms with van der Waals surface area (Å²) in [6.45, 7) is -0.112. The van der Waals surface area contributed by atoms with E-state index in [0.29, 0.717) is 0 Å². The van der Waals surface area contributed by atoms with Crippen molar-refractivity contribution in [3.05, 3.63) is 29.3 Å². The van der Waals surface area contributed by atoms with Crippen molar-refractivity contribution in [2.24, 2.45) is 5.73 Å². The fourth-order valence-corrected chi connectivity index (χ4v) is 4.02. The molecule has 94 valence electrons. The first-order valence-electron chi connectivity index (χ1n) is 4.90. The summed E-state index contributed by atoms with van der Waals surface area (Å²) in [6.07, 6.45) is -4.56. The van der Waals surface area contributed by atoms with E-state index in [0.717, 1.165) is 12.1 Å². The van der Waals surface area contributed by atoms with Gasteiger partial charge in [-0.25, -0.2) is 8.42 Å². The number of hydrogen-bond donors (Lipinski definition) is 1. The Hall–Kier alpha value is -1.08. The number of benzene rings is 1. The van der Waals surface area contributed by atoms with Gasteiger partial charge in [-0.3, -0.25) is 0 Å². The lowest BCUT2D eigenvalue weighted by molar-refractivity contribution is -0.138. The maximum Gasteiger partial charge on any atom is 0.416 e. The molecule has 0 radical (unpaired) electrons. The molecule has 0 fully saturated rings. The van der Waals surface area contributed by atoms with Crippen LogP contribution in [0.25, 0.3) is 0 Å². The normalized spacial score (nSPS) is 22.5. The Labute approximate surface area is 96.3 Å². The van der Waals surface area contributed by atoms with E-state index >= 15 is 0 Å². The van der Waals surface area contributed by atoms with Crippen molar-refractivity contribution < 1.29 is 21.6 Å². The van der Waals surface area contributed by atoms with E-state index in [1.54, 1.807) is 0 Å². The molecule has 0 bridgehead atoms. The van der Waals surface area contributed by atoms with E-state index < -0.39 is 27.5 Å². The number of rotatable bonds is 1. The molecule has 0 saturated heterocycles. The maximum absolute atomic E-state index is 12.8. The van der Waals surface area contributed by atoms with Gasteiger partial charge in [0.05, 0.1) is 16.2 Å². The van der Waals surface area contributed by atoms with Gasteiger partial charge in [0.2, 0.25) is 0 Å². The van der Waals surface area contributed by atoms with Gasteiger partial charge in [0.25, 0.3) is 0 Å². The van der Waals surface area contributed by atoms with Gasteiger partial charge < -0.3 is 5.73 Å². The molecular weight excluding hydrogens is 255 g/mol. The molecule has 17 heavy (non-hydrogen) atoms. The molecule has 0 spiro atoms. The van der Waals surface area contributed by atoms with Crippen LogP contribution in [0.3, 0.4) is 0 Å². The van der Waals surface area contributed by atoms with E-state index in [-0.39, 0.29) is 22.8 Å². The van der Waals surface area contributed by atoms with E-state index in [2.05, 4.69) is 0 Å². The summed E-state index contributed by atoms with van der Waals surface area (Å²) in [5, 5.41) is 0. The first-order valence-corrected chi connectivity index (χ1v) is 6.55. The second kappa shape index (κ2) is 3.71. The summed E-state index contributed by atoms with van der Waals surface area (Å²) in [7, 11) is -3.63. The van der Waals surface area contributed by atoms with Crippen LogP contribution in [-0.2, 0) is 16.0 Å². The topological polar surface area (TPSA) is 60.2 Å². The molecule has 2 rings (SSSR count). The molecule has 0 saturated carbocycles. The number of halogens is 3. The minimum Gasteiger partial charge on any atom is -0.330 e. The molecule has 2 N–H and O–H groups in total. The van der Waals surface area contributed by atoms with E-state index in [1.807, 2.05) is 0 Å². The Balaban J connectivity index is 2.74. The third-order valence-corrected chi connectivity index (χ3v) is 4.69. The van der Waals surface area contributed by atoms with Crippen LogP contribution in [0, 0.1) is 0 Å². The molecule has 0 amide bonds. The van der Waals surface area contributed by atoms with Crippen molar-refractivity contribution in [3.63, 3.8) is 0 Å². The van der Waals surface area contributed by atoms with Gasteiger partial charge in [0.15, 0.2) is 9.84 Å². The monoisotopic (exact) mass is 265 g/mol. The smallest absolute Gasteiger partial charge is 0.330 e. The molecule has 1 aromatic carbocycles. The Bertz CT molecular complexity index is 551. The molecule has 1 unspecified atom stereocenters. The van der Waals surface area contributed by atoms with Crippen molar-refractivity contribution >= 4 is 9.84 Å². The van der Waals surface area contributed by atoms with Gasteiger partial charge in [0, 0.05) is 12.5 Å². The van der Waals surface area contributed by atoms with Gasteiger partial charge in [-0.1, -0.05) is 6.07 Å². The van der Waals surface area contributed by atoms with Crippen molar-refractivity contribution in [2.75, 3.05) is 12.3 Å². The average molecular weight is 265 g/mol. The zero-order chi connectivity index (χ0) is 12.8. The van der Waals surface area contributed by atoms with Gasteiger partial charge in [-0.15, -0.1) is 0 Å². The molecule has 7 heteroatoms. The molecule has 0 aliphatic carbocycles. The fourth-order valence-electron chi connectivity index (χ4n) is 2.11. The summed E-state index contributed by atoms with van der Waals surface area (Å²) in [4.78, 5) is -0.234. The molecule has 1 aliphatic heterocycles. The fraction of sp³-hybridized carbons (Fsp3) is 0.400. The van der Waals surface area contributed by atoms with Gasteiger partial charge in [-0.2, -0.15) is 13.2 Å². The zero-order valence-electron chi connectivity index (χ0n) is 8.66. The maximum atomic E-state index is 12.8. The number of nitrogens with two attached hydrogens (primary N) is 1. The summed E-state index contributed by atoms with van der Waals surface area (Å²) in [5.41, 5.74) is 4.28. The first kappa shape index (κ1) is 12.4. The molecule has 1 aliphatic rings. The lowest BCUT2D eigenvalue weighted by atomic mass is 9.95. The Morgan fingerprint density at radius 1 is 1.35 bits per heavy atom. The highest BCUT2D eigenvalue weighted by molar-refractivity contribution is 7.91. The lowest BCUT2D eigenvalue weighted by Crippen LogP contribution is -2.17. The van der Waals surface area contributed by atoms with E-state index in [4.69, 9.17) is 5.73 Å². The average Bonchev–Trinajstić information content (AvgIpc) is 2.49. The third-order valence-electron chi connectivity index (χ3n) is 2.82. The van der Waals surface area contributed by atoms with E-state index in [1.165, 1.54) is 6.07 Å². The largest absolute Gasteiger partial charge is 0.416 e. The SMILES string of the molecule is NCC1CS(=O)(=O)c2cccc(C(F)(F)F)c21. The van der Waals surface area contributed by atoms with Crippen LogP contribution in [0.2, 0.25) is 0 Å². The predicted octanol–water partition coefficient (Wildman–Crippen LogP) is 1.54. The Kier molecular flexibility index (Phi) is 2.70. The number of fused-ring (bicyclic) bond motifs is 1. The molecule has 1 heterocycles.